The first-order valence-electron chi connectivity index (χ1n) is 8.12. The summed E-state index contributed by atoms with van der Waals surface area (Å²) < 4.78 is 15.1. The highest BCUT2D eigenvalue weighted by atomic mass is 19.1. The number of para-hydroxylation sites is 2. The van der Waals surface area contributed by atoms with E-state index in [0.29, 0.717) is 17.1 Å². The molecule has 5 nitrogen and oxygen atoms in total. The molecule has 4 aromatic rings. The third-order valence-corrected chi connectivity index (χ3v) is 3.99. The van der Waals surface area contributed by atoms with Crippen LogP contribution in [0.25, 0.3) is 16.9 Å². The molecule has 1 N–H and O–H groups in total. The molecule has 1 amide bonds. The molecule has 0 aliphatic rings. The number of fused-ring (bicyclic) bond motifs is 1. The van der Waals surface area contributed by atoms with Crippen molar-refractivity contribution in [1.82, 2.24) is 14.5 Å². The van der Waals surface area contributed by atoms with Crippen molar-refractivity contribution in [1.29, 1.82) is 0 Å². The van der Waals surface area contributed by atoms with Crippen molar-refractivity contribution in [3.05, 3.63) is 84.6 Å². The fraction of sp³-hybridized carbons (Fsp3) is 0.0500. The predicted molar refractivity (Wildman–Crippen MR) is 97.6 cm³/mol. The molecule has 2 aromatic heterocycles. The number of hydrogen-bond acceptors (Lipinski definition) is 3. The zero-order chi connectivity index (χ0) is 17.9. The Morgan fingerprint density at radius 2 is 1.92 bits per heavy atom. The Labute approximate surface area is 149 Å². The summed E-state index contributed by atoms with van der Waals surface area (Å²) >= 11 is 0. The van der Waals surface area contributed by atoms with E-state index < -0.39 is 0 Å². The molecule has 0 spiro atoms. The summed E-state index contributed by atoms with van der Waals surface area (Å²) in [6, 6.07) is 17.4. The van der Waals surface area contributed by atoms with Gasteiger partial charge in [0.2, 0.25) is 5.91 Å². The van der Waals surface area contributed by atoms with E-state index in [1.165, 1.54) is 12.1 Å². The lowest BCUT2D eigenvalue weighted by molar-refractivity contribution is -0.115. The third kappa shape index (κ3) is 3.30. The van der Waals surface area contributed by atoms with Gasteiger partial charge in [-0.1, -0.05) is 24.3 Å². The van der Waals surface area contributed by atoms with Crippen LogP contribution in [-0.4, -0.2) is 20.4 Å². The van der Waals surface area contributed by atoms with Crippen LogP contribution in [0.15, 0.2) is 73.2 Å². The molecule has 26 heavy (non-hydrogen) atoms. The summed E-state index contributed by atoms with van der Waals surface area (Å²) in [6.07, 6.45) is 3.41. The van der Waals surface area contributed by atoms with Gasteiger partial charge in [0.15, 0.2) is 0 Å². The van der Waals surface area contributed by atoms with E-state index >= 15 is 0 Å². The molecular weight excluding hydrogens is 331 g/mol. The van der Waals surface area contributed by atoms with Crippen LogP contribution in [0.1, 0.15) is 5.56 Å². The Morgan fingerprint density at radius 3 is 2.73 bits per heavy atom. The van der Waals surface area contributed by atoms with Gasteiger partial charge < -0.3 is 5.32 Å². The number of nitrogens with zero attached hydrogens (tertiary/aromatic N) is 3. The maximum atomic E-state index is 13.2. The van der Waals surface area contributed by atoms with Gasteiger partial charge in [0, 0.05) is 0 Å². The van der Waals surface area contributed by atoms with E-state index in [0.717, 1.165) is 11.0 Å². The molecule has 2 heterocycles. The number of nitrogens with one attached hydrogen (secondary N) is 1. The number of benzene rings is 2. The minimum Gasteiger partial charge on any atom is -0.324 e. The van der Waals surface area contributed by atoms with Crippen LogP contribution in [0.2, 0.25) is 0 Å². The number of amides is 1. The Morgan fingerprint density at radius 1 is 1.04 bits per heavy atom. The normalized spacial score (nSPS) is 10.8. The number of carbonyl (C=O) groups excluding carboxylic acids is 1. The molecule has 0 unspecified atom stereocenters. The van der Waals surface area contributed by atoms with E-state index in [9.17, 15) is 9.18 Å². The van der Waals surface area contributed by atoms with E-state index in [-0.39, 0.29) is 18.1 Å². The standard InChI is InChI=1S/C20H15FN4O/c21-15-5-3-4-14(10-15)11-20(26)24-16-8-9-19(22-12-16)25-13-23-17-6-1-2-7-18(17)25/h1-10,12-13H,11H2,(H,24,26). The lowest BCUT2D eigenvalue weighted by Gasteiger charge is -2.07. The Hall–Kier alpha value is -3.54. The molecule has 0 atom stereocenters. The van der Waals surface area contributed by atoms with Gasteiger partial charge >= 0.3 is 0 Å². The highest BCUT2D eigenvalue weighted by Gasteiger charge is 2.07. The van der Waals surface area contributed by atoms with Crippen molar-refractivity contribution in [3.8, 4) is 5.82 Å². The molecule has 2 aromatic carbocycles. The second-order valence-corrected chi connectivity index (χ2v) is 5.86. The molecule has 4 rings (SSSR count). The first-order chi connectivity index (χ1) is 12.7. The molecule has 0 aliphatic carbocycles. The van der Waals surface area contributed by atoms with Crippen molar-refractivity contribution in [2.45, 2.75) is 6.42 Å². The van der Waals surface area contributed by atoms with Gasteiger partial charge in [-0.2, -0.15) is 0 Å². The second kappa shape index (κ2) is 6.76. The predicted octanol–water partition coefficient (Wildman–Crippen LogP) is 3.74. The maximum absolute atomic E-state index is 13.2. The number of imidazole rings is 1. The molecule has 0 radical (unpaired) electrons. The van der Waals surface area contributed by atoms with Crippen LogP contribution in [0.5, 0.6) is 0 Å². The van der Waals surface area contributed by atoms with Crippen LogP contribution in [0.4, 0.5) is 10.1 Å². The minimum atomic E-state index is -0.353. The number of anilines is 1. The zero-order valence-corrected chi connectivity index (χ0v) is 13.8. The van der Waals surface area contributed by atoms with Crippen LogP contribution in [0, 0.1) is 5.82 Å². The maximum Gasteiger partial charge on any atom is 0.228 e. The van der Waals surface area contributed by atoms with Gasteiger partial charge in [-0.3, -0.25) is 9.36 Å². The van der Waals surface area contributed by atoms with Gasteiger partial charge in [-0.25, -0.2) is 14.4 Å². The molecule has 0 saturated carbocycles. The van der Waals surface area contributed by atoms with Crippen LogP contribution >= 0.6 is 0 Å². The minimum absolute atomic E-state index is 0.103. The van der Waals surface area contributed by atoms with E-state index in [1.54, 1.807) is 30.7 Å². The van der Waals surface area contributed by atoms with Crippen molar-refractivity contribution >= 4 is 22.6 Å². The van der Waals surface area contributed by atoms with Crippen molar-refractivity contribution in [2.24, 2.45) is 0 Å². The fourth-order valence-corrected chi connectivity index (χ4v) is 2.78. The summed E-state index contributed by atoms with van der Waals surface area (Å²) in [6.45, 7) is 0. The fourth-order valence-electron chi connectivity index (χ4n) is 2.78. The largest absolute Gasteiger partial charge is 0.324 e. The third-order valence-electron chi connectivity index (χ3n) is 3.99. The smallest absolute Gasteiger partial charge is 0.228 e. The summed E-state index contributed by atoms with van der Waals surface area (Å²) in [5, 5.41) is 2.77. The monoisotopic (exact) mass is 346 g/mol. The van der Waals surface area contributed by atoms with Crippen molar-refractivity contribution in [3.63, 3.8) is 0 Å². The highest BCUT2D eigenvalue weighted by Crippen LogP contribution is 2.17. The van der Waals surface area contributed by atoms with Crippen LogP contribution in [0.3, 0.4) is 0 Å². The molecule has 0 saturated heterocycles. The first kappa shape index (κ1) is 16.0. The van der Waals surface area contributed by atoms with Gasteiger partial charge in [-0.15, -0.1) is 0 Å². The van der Waals surface area contributed by atoms with Crippen LogP contribution in [-0.2, 0) is 11.2 Å². The van der Waals surface area contributed by atoms with E-state index in [2.05, 4.69) is 15.3 Å². The first-order valence-corrected chi connectivity index (χ1v) is 8.12. The molecule has 6 heteroatoms. The summed E-state index contributed by atoms with van der Waals surface area (Å²) in [5.74, 6) is 0.133. The Balaban J connectivity index is 1.48. The van der Waals surface area contributed by atoms with Gasteiger partial charge in [0.1, 0.15) is 18.0 Å². The lowest BCUT2D eigenvalue weighted by atomic mass is 10.1. The summed E-state index contributed by atoms with van der Waals surface area (Å²) in [4.78, 5) is 20.8. The Kier molecular flexibility index (Phi) is 4.15. The number of pyridine rings is 1. The molecule has 0 bridgehead atoms. The van der Waals surface area contributed by atoms with Crippen molar-refractivity contribution < 1.29 is 9.18 Å². The molecule has 0 fully saturated rings. The van der Waals surface area contributed by atoms with E-state index in [1.807, 2.05) is 34.9 Å². The number of rotatable bonds is 4. The highest BCUT2D eigenvalue weighted by molar-refractivity contribution is 5.92. The quantitative estimate of drug-likeness (QED) is 0.612. The average Bonchev–Trinajstić information content (AvgIpc) is 3.06. The van der Waals surface area contributed by atoms with Gasteiger partial charge in [0.25, 0.3) is 0 Å². The summed E-state index contributed by atoms with van der Waals surface area (Å²) in [7, 11) is 0. The average molecular weight is 346 g/mol. The lowest BCUT2D eigenvalue weighted by Crippen LogP contribution is -2.14. The molecular formula is C20H15FN4O. The number of halogens is 1. The number of aromatic nitrogens is 3. The summed E-state index contributed by atoms with van der Waals surface area (Å²) in [5.41, 5.74) is 3.06. The van der Waals surface area contributed by atoms with E-state index in [4.69, 9.17) is 0 Å². The Bertz CT molecular complexity index is 1070. The number of carbonyl (C=O) groups is 1. The topological polar surface area (TPSA) is 59.8 Å². The SMILES string of the molecule is O=C(Cc1cccc(F)c1)Nc1ccc(-n2cnc3ccccc32)nc1. The van der Waals surface area contributed by atoms with Gasteiger partial charge in [0.05, 0.1) is 29.3 Å². The molecule has 128 valence electrons. The zero-order valence-electron chi connectivity index (χ0n) is 13.8. The molecule has 0 aliphatic heterocycles. The van der Waals surface area contributed by atoms with Crippen LogP contribution < -0.4 is 5.32 Å². The van der Waals surface area contributed by atoms with Crippen molar-refractivity contribution in [2.75, 3.05) is 5.32 Å². The van der Waals surface area contributed by atoms with Gasteiger partial charge in [-0.05, 0) is 42.0 Å². The number of hydrogen-bond donors (Lipinski definition) is 1. The second-order valence-electron chi connectivity index (χ2n) is 5.86.